The van der Waals surface area contributed by atoms with Crippen molar-refractivity contribution in [3.63, 3.8) is 0 Å². The highest BCUT2D eigenvalue weighted by molar-refractivity contribution is 5.92. The Morgan fingerprint density at radius 1 is 0.492 bits per heavy atom. The van der Waals surface area contributed by atoms with Crippen LogP contribution in [-0.2, 0) is 9.59 Å². The quantitative estimate of drug-likeness (QED) is 0.0608. The molecular weight excluding hydrogens is 787 g/mol. The van der Waals surface area contributed by atoms with E-state index in [9.17, 15) is 9.59 Å². The number of ether oxygens (including phenoxy) is 5. The molecular formula is C55H51NO7. The number of aryl methyl sites for hydroxylation is 2. The fourth-order valence-electron chi connectivity index (χ4n) is 7.13. The van der Waals surface area contributed by atoms with E-state index in [1.807, 2.05) is 70.2 Å². The van der Waals surface area contributed by atoms with E-state index in [4.69, 9.17) is 23.7 Å². The molecule has 0 aliphatic rings. The van der Waals surface area contributed by atoms with Crippen LogP contribution in [0.15, 0.2) is 146 Å². The summed E-state index contributed by atoms with van der Waals surface area (Å²) in [5.74, 6) is 2.60. The van der Waals surface area contributed by atoms with Crippen molar-refractivity contribution in [2.24, 2.45) is 0 Å². The zero-order valence-corrected chi connectivity index (χ0v) is 36.9. The molecule has 0 radical (unpaired) electrons. The second kappa shape index (κ2) is 19.4. The fraction of sp³-hybridized carbons (Fsp3) is 0.164. The second-order valence-electron chi connectivity index (χ2n) is 15.5. The lowest BCUT2D eigenvalue weighted by Gasteiger charge is -2.26. The Hall–Kier alpha value is -7.58. The molecule has 0 fully saturated rings. The predicted molar refractivity (Wildman–Crippen MR) is 251 cm³/mol. The summed E-state index contributed by atoms with van der Waals surface area (Å²) < 4.78 is 28.7. The number of nitrogens with zero attached hydrogens (tertiary/aromatic N) is 1. The van der Waals surface area contributed by atoms with Crippen LogP contribution in [0.3, 0.4) is 0 Å². The van der Waals surface area contributed by atoms with Crippen molar-refractivity contribution in [3.05, 3.63) is 196 Å². The number of carbonyl (C=O) groups excluding carboxylic acids is 2. The summed E-state index contributed by atoms with van der Waals surface area (Å²) in [6.07, 6.45) is 2.16. The van der Waals surface area contributed by atoms with E-state index < -0.39 is 5.97 Å². The summed E-state index contributed by atoms with van der Waals surface area (Å²) >= 11 is 0. The average Bonchev–Trinajstić information content (AvgIpc) is 3.28. The molecule has 0 spiro atoms. The molecule has 7 aromatic rings. The topological polar surface area (TPSA) is 83.5 Å². The summed E-state index contributed by atoms with van der Waals surface area (Å²) in [7, 11) is 1.65. The summed E-state index contributed by atoms with van der Waals surface area (Å²) in [6.45, 7) is 12.9. The number of carbonyl (C=O) groups is 2. The molecule has 63 heavy (non-hydrogen) atoms. The van der Waals surface area contributed by atoms with Crippen molar-refractivity contribution in [2.75, 3.05) is 18.6 Å². The number of esters is 2. The Morgan fingerprint density at radius 3 is 1.41 bits per heavy atom. The number of hydrogen-bond acceptors (Lipinski definition) is 8. The minimum absolute atomic E-state index is 0.281. The highest BCUT2D eigenvalue weighted by atomic mass is 16.6. The molecule has 7 rings (SSSR count). The molecule has 0 saturated heterocycles. The maximum atomic E-state index is 13.1. The third-order valence-corrected chi connectivity index (χ3v) is 11.0. The molecule has 318 valence electrons. The molecule has 0 aromatic heterocycles. The summed E-state index contributed by atoms with van der Waals surface area (Å²) in [5.41, 5.74) is 13.0. The Bertz CT molecular complexity index is 2710. The van der Waals surface area contributed by atoms with Gasteiger partial charge >= 0.3 is 11.9 Å². The first-order valence-electron chi connectivity index (χ1n) is 20.8. The number of hydrogen-bond donors (Lipinski definition) is 0. The Kier molecular flexibility index (Phi) is 13.4. The van der Waals surface area contributed by atoms with Gasteiger partial charge in [-0.1, -0.05) is 71.8 Å². The van der Waals surface area contributed by atoms with Crippen LogP contribution in [-0.4, -0.2) is 25.7 Å². The van der Waals surface area contributed by atoms with Gasteiger partial charge in [-0.15, -0.1) is 0 Å². The van der Waals surface area contributed by atoms with E-state index in [0.29, 0.717) is 28.7 Å². The lowest BCUT2D eigenvalue weighted by atomic mass is 9.95. The van der Waals surface area contributed by atoms with Crippen LogP contribution >= 0.6 is 0 Å². The second-order valence-corrected chi connectivity index (χ2v) is 15.5. The van der Waals surface area contributed by atoms with Gasteiger partial charge in [0, 0.05) is 24.0 Å². The number of rotatable bonds is 14. The first-order valence-corrected chi connectivity index (χ1v) is 20.8. The summed E-state index contributed by atoms with van der Waals surface area (Å²) in [4.78, 5) is 26.8. The monoisotopic (exact) mass is 837 g/mol. The van der Waals surface area contributed by atoms with Crippen LogP contribution in [0, 0.1) is 41.5 Å². The molecule has 0 unspecified atom stereocenters. The van der Waals surface area contributed by atoms with E-state index in [0.717, 1.165) is 67.3 Å². The molecule has 0 aliphatic carbocycles. The van der Waals surface area contributed by atoms with Crippen LogP contribution < -0.4 is 28.6 Å². The minimum atomic E-state index is -0.532. The standard InChI is InChI=1S/C55H51NO7/c1-35-9-19-45(20-10-35)56(46-21-11-36(2)12-22-46)47-23-13-42(14-24-47)33-50(43-15-25-48(59-8)26-16-43)44-17-27-49(28-18-44)62-55(58)34-60-51-29-30-53(38(4)37(51)3)63-54-32-31-52(61-41(7)57)39(5)40(54)6/h9-33H,34H2,1-8H3/b50-33+. The van der Waals surface area contributed by atoms with Crippen LogP contribution in [0.1, 0.15) is 57.0 Å². The predicted octanol–water partition coefficient (Wildman–Crippen LogP) is 13.3. The van der Waals surface area contributed by atoms with E-state index in [1.165, 1.54) is 18.1 Å². The third-order valence-electron chi connectivity index (χ3n) is 11.0. The molecule has 0 N–H and O–H groups in total. The normalized spacial score (nSPS) is 11.1. The number of methoxy groups -OCH3 is 1. The molecule has 0 bridgehead atoms. The van der Waals surface area contributed by atoms with Crippen molar-refractivity contribution in [3.8, 4) is 34.5 Å². The van der Waals surface area contributed by atoms with Gasteiger partial charge in [0.15, 0.2) is 6.61 Å². The van der Waals surface area contributed by atoms with E-state index in [1.54, 1.807) is 37.4 Å². The highest BCUT2D eigenvalue weighted by Crippen LogP contribution is 2.38. The van der Waals surface area contributed by atoms with Gasteiger partial charge in [-0.3, -0.25) is 4.79 Å². The van der Waals surface area contributed by atoms with Crippen LogP contribution in [0.4, 0.5) is 17.1 Å². The molecule has 8 nitrogen and oxygen atoms in total. The first-order chi connectivity index (χ1) is 30.4. The van der Waals surface area contributed by atoms with Crippen molar-refractivity contribution >= 4 is 40.6 Å². The van der Waals surface area contributed by atoms with Crippen LogP contribution in [0.25, 0.3) is 11.6 Å². The third kappa shape index (κ3) is 10.5. The zero-order valence-electron chi connectivity index (χ0n) is 36.9. The zero-order chi connectivity index (χ0) is 44.6. The van der Waals surface area contributed by atoms with Gasteiger partial charge < -0.3 is 28.6 Å². The Morgan fingerprint density at radius 2 is 0.921 bits per heavy atom. The van der Waals surface area contributed by atoms with Crippen LogP contribution in [0.2, 0.25) is 0 Å². The molecule has 0 heterocycles. The first kappa shape index (κ1) is 43.5. The molecule has 0 atom stereocenters. The van der Waals surface area contributed by atoms with Gasteiger partial charge in [-0.05, 0) is 177 Å². The van der Waals surface area contributed by atoms with Gasteiger partial charge in [-0.25, -0.2) is 4.79 Å². The maximum Gasteiger partial charge on any atom is 0.349 e. The Labute approximate surface area is 369 Å². The largest absolute Gasteiger partial charge is 0.497 e. The SMILES string of the molecule is COc1ccc(/C(=C\c2ccc(N(c3ccc(C)cc3)c3ccc(C)cc3)cc2)c2ccc(OC(=O)COc3ccc(Oc4ccc(OC(C)=O)c(C)c4C)c(C)c3C)cc2)cc1. The van der Waals surface area contributed by atoms with Crippen LogP contribution in [0.5, 0.6) is 34.5 Å². The minimum Gasteiger partial charge on any atom is -0.497 e. The molecule has 0 saturated carbocycles. The van der Waals surface area contributed by atoms with E-state index in [2.05, 4.69) is 97.6 Å². The maximum absolute atomic E-state index is 13.1. The van der Waals surface area contributed by atoms with Gasteiger partial charge in [-0.2, -0.15) is 0 Å². The van der Waals surface area contributed by atoms with Crippen molar-refractivity contribution < 1.29 is 33.3 Å². The molecule has 0 amide bonds. The highest BCUT2D eigenvalue weighted by Gasteiger charge is 2.17. The number of anilines is 3. The van der Waals surface area contributed by atoms with Crippen molar-refractivity contribution in [2.45, 2.75) is 48.5 Å². The van der Waals surface area contributed by atoms with Gasteiger partial charge in [0.05, 0.1) is 7.11 Å². The van der Waals surface area contributed by atoms with Gasteiger partial charge in [0.1, 0.15) is 34.5 Å². The van der Waals surface area contributed by atoms with E-state index in [-0.39, 0.29) is 12.6 Å². The summed E-state index contributed by atoms with van der Waals surface area (Å²) in [5, 5.41) is 0. The lowest BCUT2D eigenvalue weighted by molar-refractivity contribution is -0.136. The molecule has 8 heteroatoms. The summed E-state index contributed by atoms with van der Waals surface area (Å²) in [6, 6.07) is 48.2. The van der Waals surface area contributed by atoms with Crippen molar-refractivity contribution in [1.82, 2.24) is 0 Å². The van der Waals surface area contributed by atoms with Gasteiger partial charge in [0.2, 0.25) is 0 Å². The van der Waals surface area contributed by atoms with E-state index >= 15 is 0 Å². The number of benzene rings is 7. The van der Waals surface area contributed by atoms with Gasteiger partial charge in [0.25, 0.3) is 0 Å². The molecule has 7 aromatic carbocycles. The average molecular weight is 838 g/mol. The Balaban J connectivity index is 1.06. The molecule has 0 aliphatic heterocycles. The lowest BCUT2D eigenvalue weighted by Crippen LogP contribution is -2.18. The fourth-order valence-corrected chi connectivity index (χ4v) is 7.13. The van der Waals surface area contributed by atoms with Crippen molar-refractivity contribution in [1.29, 1.82) is 0 Å². The smallest absolute Gasteiger partial charge is 0.349 e.